The highest BCUT2D eigenvalue weighted by Crippen LogP contribution is 2.24. The van der Waals surface area contributed by atoms with Gasteiger partial charge in [0.1, 0.15) is 5.75 Å². The molecule has 0 spiro atoms. The van der Waals surface area contributed by atoms with Crippen molar-refractivity contribution in [3.05, 3.63) is 52.0 Å². The highest BCUT2D eigenvalue weighted by atomic mass is 79.9. The first-order valence-electron chi connectivity index (χ1n) is 6.26. The van der Waals surface area contributed by atoms with Crippen molar-refractivity contribution in [2.45, 2.75) is 26.6 Å². The summed E-state index contributed by atoms with van der Waals surface area (Å²) < 4.78 is 30.0. The third kappa shape index (κ3) is 5.02. The van der Waals surface area contributed by atoms with Crippen LogP contribution in [0.2, 0.25) is 0 Å². The number of hydrogen-bond acceptors (Lipinski definition) is 4. The van der Waals surface area contributed by atoms with Crippen LogP contribution in [0.3, 0.4) is 0 Å². The van der Waals surface area contributed by atoms with Crippen LogP contribution in [0.4, 0.5) is 8.78 Å². The lowest BCUT2D eigenvalue weighted by atomic mass is 10.2. The molecule has 1 aromatic carbocycles. The fourth-order valence-corrected chi connectivity index (χ4v) is 2.14. The van der Waals surface area contributed by atoms with Gasteiger partial charge in [0, 0.05) is 35.5 Å². The first-order chi connectivity index (χ1) is 10.0. The van der Waals surface area contributed by atoms with E-state index in [1.165, 1.54) is 6.07 Å². The zero-order valence-electron chi connectivity index (χ0n) is 11.3. The Morgan fingerprint density at radius 1 is 1.24 bits per heavy atom. The van der Waals surface area contributed by atoms with Gasteiger partial charge in [-0.15, -0.1) is 0 Å². The van der Waals surface area contributed by atoms with Gasteiger partial charge in [0.25, 0.3) is 0 Å². The molecule has 1 aromatic heterocycles. The Balaban J connectivity index is 1.98. The topological polar surface area (TPSA) is 47.0 Å². The van der Waals surface area contributed by atoms with E-state index < -0.39 is 6.61 Å². The molecule has 0 amide bonds. The second-order valence-corrected chi connectivity index (χ2v) is 5.30. The molecule has 1 N–H and O–H groups in total. The molecule has 0 aliphatic rings. The van der Waals surface area contributed by atoms with E-state index in [0.29, 0.717) is 18.7 Å². The summed E-state index contributed by atoms with van der Waals surface area (Å²) in [5.74, 6) is 0.163. The van der Waals surface area contributed by atoms with Gasteiger partial charge in [-0.2, -0.15) is 8.78 Å². The number of aromatic nitrogens is 2. The number of nitrogens with one attached hydrogen (secondary N) is 1. The predicted molar refractivity (Wildman–Crippen MR) is 78.1 cm³/mol. The standard InChI is InChI=1S/C14H14BrF2N3O/c1-9-5-20-12(8-19-9)7-18-6-10-4-11(15)2-3-13(10)21-14(16)17/h2-5,8,14,18H,6-7H2,1H3. The smallest absolute Gasteiger partial charge is 0.387 e. The molecule has 0 saturated carbocycles. The summed E-state index contributed by atoms with van der Waals surface area (Å²) in [6.07, 6.45) is 3.36. The lowest BCUT2D eigenvalue weighted by Crippen LogP contribution is -2.15. The molecule has 112 valence electrons. The Bertz CT molecular complexity index is 593. The van der Waals surface area contributed by atoms with Crippen LogP contribution in [0.25, 0.3) is 0 Å². The number of benzene rings is 1. The SMILES string of the molecule is Cc1cnc(CNCc2cc(Br)ccc2OC(F)F)cn1. The molecular formula is C14H14BrF2N3O. The van der Waals surface area contributed by atoms with Crippen LogP contribution < -0.4 is 10.1 Å². The first kappa shape index (κ1) is 15.8. The van der Waals surface area contributed by atoms with E-state index in [9.17, 15) is 8.78 Å². The molecule has 0 radical (unpaired) electrons. The van der Waals surface area contributed by atoms with Crippen molar-refractivity contribution in [2.75, 3.05) is 0 Å². The van der Waals surface area contributed by atoms with Gasteiger partial charge in [-0.05, 0) is 25.1 Å². The van der Waals surface area contributed by atoms with E-state index in [1.807, 2.05) is 6.92 Å². The zero-order valence-corrected chi connectivity index (χ0v) is 12.9. The molecule has 0 fully saturated rings. The van der Waals surface area contributed by atoms with Crippen LogP contribution in [-0.4, -0.2) is 16.6 Å². The number of ether oxygens (including phenoxy) is 1. The third-order valence-electron chi connectivity index (χ3n) is 2.69. The minimum Gasteiger partial charge on any atom is -0.434 e. The molecule has 2 aromatic rings. The van der Waals surface area contributed by atoms with Crippen LogP contribution in [0.1, 0.15) is 17.0 Å². The minimum atomic E-state index is -2.84. The molecule has 0 saturated heterocycles. The quantitative estimate of drug-likeness (QED) is 0.860. The van der Waals surface area contributed by atoms with E-state index in [4.69, 9.17) is 0 Å². The van der Waals surface area contributed by atoms with Gasteiger partial charge < -0.3 is 10.1 Å². The number of hydrogen-bond donors (Lipinski definition) is 1. The van der Waals surface area contributed by atoms with Crippen molar-refractivity contribution in [1.82, 2.24) is 15.3 Å². The first-order valence-corrected chi connectivity index (χ1v) is 7.05. The second kappa shape index (κ2) is 7.42. The number of halogens is 3. The average molecular weight is 358 g/mol. The van der Waals surface area contributed by atoms with Crippen LogP contribution in [0.5, 0.6) is 5.75 Å². The second-order valence-electron chi connectivity index (χ2n) is 4.38. The lowest BCUT2D eigenvalue weighted by Gasteiger charge is -2.12. The summed E-state index contributed by atoms with van der Waals surface area (Å²) in [4.78, 5) is 8.35. The monoisotopic (exact) mass is 357 g/mol. The zero-order chi connectivity index (χ0) is 15.2. The van der Waals surface area contributed by atoms with Gasteiger partial charge in [0.05, 0.1) is 11.4 Å². The summed E-state index contributed by atoms with van der Waals surface area (Å²) in [5.41, 5.74) is 2.27. The summed E-state index contributed by atoms with van der Waals surface area (Å²) in [6, 6.07) is 4.91. The van der Waals surface area contributed by atoms with Gasteiger partial charge >= 0.3 is 6.61 Å². The maximum absolute atomic E-state index is 12.4. The van der Waals surface area contributed by atoms with Crippen LogP contribution in [-0.2, 0) is 13.1 Å². The van der Waals surface area contributed by atoms with E-state index >= 15 is 0 Å². The van der Waals surface area contributed by atoms with E-state index in [2.05, 4.69) is 36.0 Å². The molecular weight excluding hydrogens is 344 g/mol. The molecule has 7 heteroatoms. The lowest BCUT2D eigenvalue weighted by molar-refractivity contribution is -0.0505. The normalized spacial score (nSPS) is 10.9. The van der Waals surface area contributed by atoms with Crippen molar-refractivity contribution in [3.8, 4) is 5.75 Å². The Hall–Kier alpha value is -1.60. The van der Waals surface area contributed by atoms with E-state index in [1.54, 1.807) is 24.5 Å². The molecule has 2 rings (SSSR count). The van der Waals surface area contributed by atoms with Gasteiger partial charge in [-0.25, -0.2) is 0 Å². The van der Waals surface area contributed by atoms with Crippen molar-refractivity contribution in [1.29, 1.82) is 0 Å². The van der Waals surface area contributed by atoms with Crippen LogP contribution >= 0.6 is 15.9 Å². The molecule has 0 aliphatic heterocycles. The van der Waals surface area contributed by atoms with E-state index in [-0.39, 0.29) is 5.75 Å². The van der Waals surface area contributed by atoms with Crippen molar-refractivity contribution >= 4 is 15.9 Å². The minimum absolute atomic E-state index is 0.163. The molecule has 4 nitrogen and oxygen atoms in total. The molecule has 21 heavy (non-hydrogen) atoms. The Morgan fingerprint density at radius 3 is 2.71 bits per heavy atom. The Morgan fingerprint density at radius 2 is 2.05 bits per heavy atom. The summed E-state index contributed by atoms with van der Waals surface area (Å²) in [5, 5.41) is 3.13. The maximum Gasteiger partial charge on any atom is 0.387 e. The van der Waals surface area contributed by atoms with Crippen LogP contribution in [0, 0.1) is 6.92 Å². The fourth-order valence-electron chi connectivity index (χ4n) is 1.73. The van der Waals surface area contributed by atoms with Crippen molar-refractivity contribution in [3.63, 3.8) is 0 Å². The van der Waals surface area contributed by atoms with Crippen molar-refractivity contribution < 1.29 is 13.5 Å². The number of aryl methyl sites for hydroxylation is 1. The molecule has 0 bridgehead atoms. The van der Waals surface area contributed by atoms with Gasteiger partial charge in [-0.1, -0.05) is 15.9 Å². The maximum atomic E-state index is 12.4. The number of rotatable bonds is 6. The number of nitrogens with zero attached hydrogens (tertiary/aromatic N) is 2. The summed E-state index contributed by atoms with van der Waals surface area (Å²) >= 11 is 3.31. The summed E-state index contributed by atoms with van der Waals surface area (Å²) in [6.45, 7) is -0.0992. The van der Waals surface area contributed by atoms with E-state index in [0.717, 1.165) is 15.9 Å². The van der Waals surface area contributed by atoms with Gasteiger partial charge in [0.15, 0.2) is 0 Å². The Labute approximate surface area is 129 Å². The predicted octanol–water partition coefficient (Wildman–Crippen LogP) is 3.44. The van der Waals surface area contributed by atoms with Gasteiger partial charge in [0.2, 0.25) is 0 Å². The molecule has 0 atom stereocenters. The highest BCUT2D eigenvalue weighted by molar-refractivity contribution is 9.10. The fraction of sp³-hybridized carbons (Fsp3) is 0.286. The average Bonchev–Trinajstić information content (AvgIpc) is 2.43. The molecule has 0 aliphatic carbocycles. The van der Waals surface area contributed by atoms with Crippen molar-refractivity contribution in [2.24, 2.45) is 0 Å². The third-order valence-corrected chi connectivity index (χ3v) is 3.19. The molecule has 0 unspecified atom stereocenters. The highest BCUT2D eigenvalue weighted by Gasteiger charge is 2.10. The largest absolute Gasteiger partial charge is 0.434 e. The Kier molecular flexibility index (Phi) is 5.58. The summed E-state index contributed by atoms with van der Waals surface area (Å²) in [7, 11) is 0. The number of alkyl halides is 2. The molecule has 1 heterocycles. The van der Waals surface area contributed by atoms with Crippen LogP contribution in [0.15, 0.2) is 35.1 Å². The van der Waals surface area contributed by atoms with Gasteiger partial charge in [-0.3, -0.25) is 9.97 Å².